The minimum absolute atomic E-state index is 0.622. The summed E-state index contributed by atoms with van der Waals surface area (Å²) in [7, 11) is 0. The molecule has 2 unspecified atom stereocenters. The summed E-state index contributed by atoms with van der Waals surface area (Å²) >= 11 is 0. The summed E-state index contributed by atoms with van der Waals surface area (Å²) in [5.74, 6) is 3.55. The van der Waals surface area contributed by atoms with E-state index in [-0.39, 0.29) is 0 Å². The molecule has 0 bridgehead atoms. The van der Waals surface area contributed by atoms with Gasteiger partial charge in [0.1, 0.15) is 18.0 Å². The average molecular weight is 318 g/mol. The minimum Gasteiger partial charge on any atom is -0.381 e. The van der Waals surface area contributed by atoms with Gasteiger partial charge in [0.2, 0.25) is 0 Å². The summed E-state index contributed by atoms with van der Waals surface area (Å²) in [5, 5.41) is 0. The minimum atomic E-state index is 0.622. The highest BCUT2D eigenvalue weighted by molar-refractivity contribution is 5.50. The molecule has 0 radical (unpaired) electrons. The standard InChI is InChI=1S/C18H30N4O/c1-3-23-13-16-7-5-9-22(12-16)18-10-17(19-14-20-18)21-8-4-6-15(2)11-21/h10,14-16H,3-9,11-13H2,1-2H3. The van der Waals surface area contributed by atoms with Crippen LogP contribution >= 0.6 is 0 Å². The number of nitrogens with zero attached hydrogens (tertiary/aromatic N) is 4. The largest absolute Gasteiger partial charge is 0.381 e. The zero-order chi connectivity index (χ0) is 16.1. The van der Waals surface area contributed by atoms with Crippen LogP contribution in [0.2, 0.25) is 0 Å². The molecule has 0 aromatic carbocycles. The third-order valence-electron chi connectivity index (χ3n) is 5.02. The van der Waals surface area contributed by atoms with Crippen molar-refractivity contribution in [3.63, 3.8) is 0 Å². The van der Waals surface area contributed by atoms with Gasteiger partial charge in [-0.3, -0.25) is 0 Å². The monoisotopic (exact) mass is 318 g/mol. The van der Waals surface area contributed by atoms with E-state index in [4.69, 9.17) is 4.74 Å². The van der Waals surface area contributed by atoms with Gasteiger partial charge in [0.15, 0.2) is 0 Å². The first-order valence-electron chi connectivity index (χ1n) is 9.16. The number of anilines is 2. The van der Waals surface area contributed by atoms with Gasteiger partial charge in [-0.2, -0.15) is 0 Å². The van der Waals surface area contributed by atoms with E-state index in [2.05, 4.69) is 39.7 Å². The Labute approximate surface area is 140 Å². The molecule has 1 aromatic rings. The number of piperidine rings is 2. The maximum Gasteiger partial charge on any atom is 0.134 e. The molecule has 23 heavy (non-hydrogen) atoms. The van der Waals surface area contributed by atoms with Crippen LogP contribution in [0.4, 0.5) is 11.6 Å². The van der Waals surface area contributed by atoms with Gasteiger partial charge in [-0.1, -0.05) is 6.92 Å². The molecule has 0 amide bonds. The van der Waals surface area contributed by atoms with Gasteiger partial charge in [-0.15, -0.1) is 0 Å². The van der Waals surface area contributed by atoms with E-state index in [1.165, 1.54) is 25.7 Å². The fourth-order valence-electron chi connectivity index (χ4n) is 3.77. The number of hydrogen-bond acceptors (Lipinski definition) is 5. The van der Waals surface area contributed by atoms with Gasteiger partial charge in [-0.25, -0.2) is 9.97 Å². The molecule has 2 aliphatic rings. The van der Waals surface area contributed by atoms with Crippen molar-refractivity contribution in [2.45, 2.75) is 39.5 Å². The third kappa shape index (κ3) is 4.34. The number of ether oxygens (including phenoxy) is 1. The Morgan fingerprint density at radius 3 is 2.48 bits per heavy atom. The number of aromatic nitrogens is 2. The van der Waals surface area contributed by atoms with E-state index in [1.54, 1.807) is 6.33 Å². The second-order valence-corrected chi connectivity index (χ2v) is 7.04. The van der Waals surface area contributed by atoms with E-state index >= 15 is 0 Å². The average Bonchev–Trinajstić information content (AvgIpc) is 2.60. The first-order chi connectivity index (χ1) is 11.3. The molecule has 3 rings (SSSR count). The second-order valence-electron chi connectivity index (χ2n) is 7.04. The SMILES string of the molecule is CCOCC1CCCN(c2cc(N3CCCC(C)C3)ncn2)C1. The summed E-state index contributed by atoms with van der Waals surface area (Å²) in [4.78, 5) is 13.9. The molecule has 128 valence electrons. The van der Waals surface area contributed by atoms with Crippen LogP contribution in [0.15, 0.2) is 12.4 Å². The fourth-order valence-corrected chi connectivity index (χ4v) is 3.77. The highest BCUT2D eigenvalue weighted by Crippen LogP contribution is 2.26. The quantitative estimate of drug-likeness (QED) is 0.835. The van der Waals surface area contributed by atoms with Crippen LogP contribution < -0.4 is 9.80 Å². The van der Waals surface area contributed by atoms with Crippen LogP contribution in [-0.2, 0) is 4.74 Å². The molecule has 5 heteroatoms. The maximum absolute atomic E-state index is 5.62. The normalized spacial score (nSPS) is 25.7. The van der Waals surface area contributed by atoms with Gasteiger partial charge in [-0.05, 0) is 44.4 Å². The van der Waals surface area contributed by atoms with Gasteiger partial charge >= 0.3 is 0 Å². The third-order valence-corrected chi connectivity index (χ3v) is 5.02. The zero-order valence-corrected chi connectivity index (χ0v) is 14.6. The first-order valence-corrected chi connectivity index (χ1v) is 9.16. The summed E-state index contributed by atoms with van der Waals surface area (Å²) < 4.78 is 5.62. The van der Waals surface area contributed by atoms with Crippen molar-refractivity contribution >= 4 is 11.6 Å². The van der Waals surface area contributed by atoms with Crippen LogP contribution in [0, 0.1) is 11.8 Å². The van der Waals surface area contributed by atoms with Crippen LogP contribution in [-0.4, -0.2) is 49.4 Å². The molecule has 3 heterocycles. The van der Waals surface area contributed by atoms with Gasteiger partial charge in [0.25, 0.3) is 0 Å². The Bertz CT molecular complexity index is 496. The lowest BCUT2D eigenvalue weighted by Crippen LogP contribution is -2.38. The summed E-state index contributed by atoms with van der Waals surface area (Å²) in [5.41, 5.74) is 0. The van der Waals surface area contributed by atoms with Gasteiger partial charge in [0, 0.05) is 38.9 Å². The van der Waals surface area contributed by atoms with E-state index < -0.39 is 0 Å². The molecule has 5 nitrogen and oxygen atoms in total. The van der Waals surface area contributed by atoms with Crippen molar-refractivity contribution in [2.24, 2.45) is 11.8 Å². The van der Waals surface area contributed by atoms with Crippen LogP contribution in [0.1, 0.15) is 39.5 Å². The molecule has 2 atom stereocenters. The molecule has 0 saturated carbocycles. The molecular weight excluding hydrogens is 288 g/mol. The molecule has 2 saturated heterocycles. The van der Waals surface area contributed by atoms with Gasteiger partial charge < -0.3 is 14.5 Å². The highest BCUT2D eigenvalue weighted by atomic mass is 16.5. The van der Waals surface area contributed by atoms with Crippen molar-refractivity contribution < 1.29 is 4.74 Å². The van der Waals surface area contributed by atoms with Crippen LogP contribution in [0.3, 0.4) is 0 Å². The molecular formula is C18H30N4O. The molecule has 2 fully saturated rings. The van der Waals surface area contributed by atoms with Crippen LogP contribution in [0.25, 0.3) is 0 Å². The van der Waals surface area contributed by atoms with Crippen molar-refractivity contribution in [2.75, 3.05) is 49.2 Å². The summed E-state index contributed by atoms with van der Waals surface area (Å²) in [6, 6.07) is 2.18. The summed E-state index contributed by atoms with van der Waals surface area (Å²) in [6.07, 6.45) is 6.81. The second kappa shape index (κ2) is 7.95. The zero-order valence-electron chi connectivity index (χ0n) is 14.6. The highest BCUT2D eigenvalue weighted by Gasteiger charge is 2.23. The molecule has 0 N–H and O–H groups in total. The molecule has 0 aliphatic carbocycles. The maximum atomic E-state index is 5.62. The van der Waals surface area contributed by atoms with E-state index in [0.29, 0.717) is 5.92 Å². The van der Waals surface area contributed by atoms with Crippen molar-refractivity contribution in [1.82, 2.24) is 9.97 Å². The van der Waals surface area contributed by atoms with Crippen molar-refractivity contribution in [3.05, 3.63) is 12.4 Å². The molecule has 2 aliphatic heterocycles. The van der Waals surface area contributed by atoms with E-state index in [9.17, 15) is 0 Å². The Morgan fingerprint density at radius 2 is 1.78 bits per heavy atom. The smallest absolute Gasteiger partial charge is 0.134 e. The number of hydrogen-bond donors (Lipinski definition) is 0. The predicted molar refractivity (Wildman–Crippen MR) is 94.1 cm³/mol. The van der Waals surface area contributed by atoms with Crippen molar-refractivity contribution in [3.8, 4) is 0 Å². The van der Waals surface area contributed by atoms with E-state index in [1.807, 2.05) is 0 Å². The lowest BCUT2D eigenvalue weighted by molar-refractivity contribution is 0.104. The lowest BCUT2D eigenvalue weighted by atomic mass is 9.99. The first kappa shape index (κ1) is 16.5. The molecule has 0 spiro atoms. The Morgan fingerprint density at radius 1 is 1.09 bits per heavy atom. The topological polar surface area (TPSA) is 41.5 Å². The van der Waals surface area contributed by atoms with E-state index in [0.717, 1.165) is 56.9 Å². The Kier molecular flexibility index (Phi) is 5.70. The predicted octanol–water partition coefficient (Wildman–Crippen LogP) is 2.97. The van der Waals surface area contributed by atoms with Gasteiger partial charge in [0.05, 0.1) is 6.61 Å². The molecule has 1 aromatic heterocycles. The van der Waals surface area contributed by atoms with Crippen molar-refractivity contribution in [1.29, 1.82) is 0 Å². The number of rotatable bonds is 5. The lowest BCUT2D eigenvalue weighted by Gasteiger charge is -2.35. The Hall–Kier alpha value is -1.36. The summed E-state index contributed by atoms with van der Waals surface area (Å²) in [6.45, 7) is 10.4. The fraction of sp³-hybridized carbons (Fsp3) is 0.778. The Balaban J connectivity index is 1.66. The van der Waals surface area contributed by atoms with Crippen LogP contribution in [0.5, 0.6) is 0 Å².